The van der Waals surface area contributed by atoms with Crippen molar-refractivity contribution >= 4 is 39.4 Å². The minimum atomic E-state index is -0.442. The van der Waals surface area contributed by atoms with E-state index in [2.05, 4.69) is 26.6 Å². The molecule has 0 aliphatic rings. The molecule has 0 fully saturated rings. The van der Waals surface area contributed by atoms with Crippen LogP contribution in [-0.2, 0) is 14.3 Å². The summed E-state index contributed by atoms with van der Waals surface area (Å²) in [4.78, 5) is 35.5. The molecule has 138 valence electrons. The van der Waals surface area contributed by atoms with Crippen molar-refractivity contribution in [2.75, 3.05) is 19.0 Å². The van der Waals surface area contributed by atoms with E-state index in [9.17, 15) is 14.4 Å². The molecule has 25 heavy (non-hydrogen) atoms. The third kappa shape index (κ3) is 8.67. The Hall–Kier alpha value is -1.89. The lowest BCUT2D eigenvalue weighted by Crippen LogP contribution is -2.33. The number of amides is 2. The molecule has 1 unspecified atom stereocenters. The second-order valence-corrected chi connectivity index (χ2v) is 7.16. The number of esters is 1. The van der Waals surface area contributed by atoms with Gasteiger partial charge in [0.1, 0.15) is 0 Å². The summed E-state index contributed by atoms with van der Waals surface area (Å²) in [5.74, 6) is -0.356. The molecule has 1 atom stereocenters. The quantitative estimate of drug-likeness (QED) is 0.604. The van der Waals surface area contributed by atoms with Crippen LogP contribution >= 0.6 is 15.9 Å². The summed E-state index contributed by atoms with van der Waals surface area (Å²) in [6.07, 6.45) is 1.34. The summed E-state index contributed by atoms with van der Waals surface area (Å²) in [6.45, 7) is 3.97. The molecule has 0 radical (unpaired) electrons. The van der Waals surface area contributed by atoms with Crippen LogP contribution in [0.5, 0.6) is 0 Å². The highest BCUT2D eigenvalue weighted by molar-refractivity contribution is 9.10. The maximum atomic E-state index is 11.9. The number of rotatable bonds is 9. The maximum Gasteiger partial charge on any atom is 0.319 e. The van der Waals surface area contributed by atoms with Crippen molar-refractivity contribution in [3.05, 3.63) is 28.7 Å². The van der Waals surface area contributed by atoms with E-state index in [0.29, 0.717) is 24.4 Å². The average molecular weight is 413 g/mol. The van der Waals surface area contributed by atoms with Gasteiger partial charge in [0.15, 0.2) is 5.78 Å². The maximum absolute atomic E-state index is 11.9. The summed E-state index contributed by atoms with van der Waals surface area (Å²) < 4.78 is 5.70. The van der Waals surface area contributed by atoms with E-state index in [1.165, 1.54) is 7.11 Å². The van der Waals surface area contributed by atoms with E-state index < -0.39 is 6.03 Å². The Bertz CT molecular complexity index is 587. The molecule has 0 bridgehead atoms. The van der Waals surface area contributed by atoms with Gasteiger partial charge in [-0.05, 0) is 43.0 Å². The van der Waals surface area contributed by atoms with Crippen LogP contribution in [0.1, 0.15) is 33.1 Å². The summed E-state index contributed by atoms with van der Waals surface area (Å²) in [6, 6.07) is 6.67. The third-order valence-electron chi connectivity index (χ3n) is 3.61. The van der Waals surface area contributed by atoms with Crippen molar-refractivity contribution < 1.29 is 19.1 Å². The van der Waals surface area contributed by atoms with Crippen LogP contribution in [0.4, 0.5) is 10.5 Å². The number of Topliss-reactive ketones (excluding diaryl/α,β-unsaturated/α-hetero) is 1. The van der Waals surface area contributed by atoms with Gasteiger partial charge in [0.25, 0.3) is 0 Å². The lowest BCUT2D eigenvalue weighted by atomic mass is 9.92. The van der Waals surface area contributed by atoms with Crippen LogP contribution in [0.3, 0.4) is 0 Å². The third-order valence-corrected chi connectivity index (χ3v) is 4.14. The van der Waals surface area contributed by atoms with E-state index in [0.717, 1.165) is 4.47 Å². The van der Waals surface area contributed by atoms with Crippen LogP contribution in [0, 0.1) is 11.8 Å². The fourth-order valence-electron chi connectivity index (χ4n) is 2.38. The molecule has 6 nitrogen and oxygen atoms in total. The fraction of sp³-hybridized carbons (Fsp3) is 0.500. The minimum absolute atomic E-state index is 0.0715. The average Bonchev–Trinajstić information content (AvgIpc) is 2.57. The number of nitrogens with one attached hydrogen (secondary N) is 2. The lowest BCUT2D eigenvalue weighted by molar-refractivity contribution is -0.146. The van der Waals surface area contributed by atoms with Crippen LogP contribution in [-0.4, -0.2) is 31.4 Å². The van der Waals surface area contributed by atoms with Crippen molar-refractivity contribution in [1.82, 2.24) is 5.32 Å². The normalized spacial score (nSPS) is 11.7. The Labute approximate surface area is 156 Å². The lowest BCUT2D eigenvalue weighted by Gasteiger charge is -2.16. The van der Waals surface area contributed by atoms with Crippen molar-refractivity contribution in [3.63, 3.8) is 0 Å². The van der Waals surface area contributed by atoms with Gasteiger partial charge in [-0.3, -0.25) is 9.59 Å². The summed E-state index contributed by atoms with van der Waals surface area (Å²) >= 11 is 3.31. The van der Waals surface area contributed by atoms with Gasteiger partial charge in [-0.15, -0.1) is 0 Å². The number of urea groups is 1. The first-order valence-corrected chi connectivity index (χ1v) is 9.01. The molecule has 0 heterocycles. The number of ketones is 1. The highest BCUT2D eigenvalue weighted by Crippen LogP contribution is 2.19. The topological polar surface area (TPSA) is 84.5 Å². The van der Waals surface area contributed by atoms with Gasteiger partial charge in [-0.2, -0.15) is 0 Å². The molecule has 7 heteroatoms. The zero-order valence-electron chi connectivity index (χ0n) is 14.8. The first-order chi connectivity index (χ1) is 11.8. The van der Waals surface area contributed by atoms with Crippen LogP contribution in [0.25, 0.3) is 0 Å². The zero-order chi connectivity index (χ0) is 18.8. The Kier molecular flexibility index (Phi) is 9.20. The fourth-order valence-corrected chi connectivity index (χ4v) is 2.64. The molecule has 2 amide bonds. The predicted molar refractivity (Wildman–Crippen MR) is 100 cm³/mol. The summed E-state index contributed by atoms with van der Waals surface area (Å²) in [7, 11) is 1.35. The predicted octanol–water partition coefficient (Wildman–Crippen LogP) is 3.76. The van der Waals surface area contributed by atoms with Crippen molar-refractivity contribution in [1.29, 1.82) is 0 Å². The Morgan fingerprint density at radius 2 is 1.80 bits per heavy atom. The number of carbonyl (C=O) groups excluding carboxylic acids is 3. The van der Waals surface area contributed by atoms with E-state index in [4.69, 9.17) is 4.74 Å². The minimum Gasteiger partial charge on any atom is -0.469 e. The Morgan fingerprint density at radius 3 is 2.36 bits per heavy atom. The first-order valence-electron chi connectivity index (χ1n) is 8.21. The number of ether oxygens (including phenoxy) is 1. The standard InChI is InChI=1S/C18H25BrN2O4/c1-12(2)10-13(17(23)25-3)4-9-16(22)11-20-18(24)21-15-7-5-14(19)6-8-15/h5-8,12-13H,4,9-11H2,1-3H3,(H2,20,21,24). The van der Waals surface area contributed by atoms with Gasteiger partial charge >= 0.3 is 12.0 Å². The molecule has 0 aliphatic heterocycles. The molecule has 0 aromatic heterocycles. The van der Waals surface area contributed by atoms with E-state index in [1.54, 1.807) is 12.1 Å². The number of hydrogen-bond donors (Lipinski definition) is 2. The molecular weight excluding hydrogens is 388 g/mol. The number of methoxy groups -OCH3 is 1. The first kappa shape index (κ1) is 21.2. The highest BCUT2D eigenvalue weighted by atomic mass is 79.9. The number of halogens is 1. The summed E-state index contributed by atoms with van der Waals surface area (Å²) in [5.41, 5.74) is 0.635. The zero-order valence-corrected chi connectivity index (χ0v) is 16.4. The second kappa shape index (κ2) is 10.9. The number of carbonyl (C=O) groups is 3. The molecule has 2 N–H and O–H groups in total. The van der Waals surface area contributed by atoms with Crippen LogP contribution < -0.4 is 10.6 Å². The SMILES string of the molecule is COC(=O)C(CCC(=O)CNC(=O)Nc1ccc(Br)cc1)CC(C)C. The Balaban J connectivity index is 2.36. The van der Waals surface area contributed by atoms with Gasteiger partial charge in [0.2, 0.25) is 0 Å². The molecule has 1 rings (SSSR count). The monoisotopic (exact) mass is 412 g/mol. The van der Waals surface area contributed by atoms with Gasteiger partial charge in [-0.25, -0.2) is 4.79 Å². The Morgan fingerprint density at radius 1 is 1.16 bits per heavy atom. The molecule has 1 aromatic carbocycles. The van der Waals surface area contributed by atoms with Crippen LogP contribution in [0.2, 0.25) is 0 Å². The molecular formula is C18H25BrN2O4. The van der Waals surface area contributed by atoms with Gasteiger partial charge in [-0.1, -0.05) is 29.8 Å². The number of hydrogen-bond acceptors (Lipinski definition) is 4. The van der Waals surface area contributed by atoms with Gasteiger partial charge < -0.3 is 15.4 Å². The van der Waals surface area contributed by atoms with E-state index in [1.807, 2.05) is 26.0 Å². The van der Waals surface area contributed by atoms with E-state index in [-0.39, 0.29) is 30.6 Å². The molecule has 0 aliphatic carbocycles. The van der Waals surface area contributed by atoms with Crippen molar-refractivity contribution in [2.24, 2.45) is 11.8 Å². The van der Waals surface area contributed by atoms with Crippen LogP contribution in [0.15, 0.2) is 28.7 Å². The van der Waals surface area contributed by atoms with Crippen molar-refractivity contribution in [3.8, 4) is 0 Å². The number of anilines is 1. The largest absolute Gasteiger partial charge is 0.469 e. The molecule has 0 saturated heterocycles. The highest BCUT2D eigenvalue weighted by Gasteiger charge is 2.21. The molecule has 0 saturated carbocycles. The summed E-state index contributed by atoms with van der Waals surface area (Å²) in [5, 5.41) is 5.17. The van der Waals surface area contributed by atoms with Gasteiger partial charge in [0.05, 0.1) is 19.6 Å². The molecule has 1 aromatic rings. The smallest absolute Gasteiger partial charge is 0.319 e. The van der Waals surface area contributed by atoms with E-state index >= 15 is 0 Å². The molecule has 0 spiro atoms. The number of benzene rings is 1. The van der Waals surface area contributed by atoms with Gasteiger partial charge in [0, 0.05) is 16.6 Å². The second-order valence-electron chi connectivity index (χ2n) is 6.24. The van der Waals surface area contributed by atoms with Crippen molar-refractivity contribution in [2.45, 2.75) is 33.1 Å².